The van der Waals surface area contributed by atoms with Crippen LogP contribution in [0.3, 0.4) is 0 Å². The number of hydrogen-bond donors (Lipinski definition) is 2. The number of rotatable bonds is 9. The van der Waals surface area contributed by atoms with Gasteiger partial charge in [0.1, 0.15) is 5.54 Å². The van der Waals surface area contributed by atoms with E-state index in [2.05, 4.69) is 38.0 Å². The summed E-state index contributed by atoms with van der Waals surface area (Å²) in [6.07, 6.45) is 1.63. The van der Waals surface area contributed by atoms with Crippen LogP contribution in [0.5, 0.6) is 0 Å². The van der Waals surface area contributed by atoms with Gasteiger partial charge in [-0.25, -0.2) is 0 Å². The average Bonchev–Trinajstić information content (AvgIpc) is 2.48. The zero-order valence-electron chi connectivity index (χ0n) is 13.7. The molecule has 0 spiro atoms. The summed E-state index contributed by atoms with van der Waals surface area (Å²) in [5.74, 6) is -0.306. The van der Waals surface area contributed by atoms with Crippen molar-refractivity contribution in [3.63, 3.8) is 0 Å². The second-order valence-corrected chi connectivity index (χ2v) is 5.89. The molecule has 1 rings (SSSR count). The Labute approximate surface area is 128 Å². The summed E-state index contributed by atoms with van der Waals surface area (Å²) < 4.78 is 0. The lowest BCUT2D eigenvalue weighted by Crippen LogP contribution is -2.54. The van der Waals surface area contributed by atoms with Gasteiger partial charge in [0.05, 0.1) is 0 Å². The maximum Gasteiger partial charge on any atom is 0.242 e. The van der Waals surface area contributed by atoms with Crippen molar-refractivity contribution >= 4 is 5.91 Å². The SMILES string of the molecule is CCCNC(CCN(C)C(C)C)(C(N)=O)c1ccccc1. The van der Waals surface area contributed by atoms with Gasteiger partial charge in [0, 0.05) is 12.6 Å². The largest absolute Gasteiger partial charge is 0.368 e. The third-order valence-corrected chi connectivity index (χ3v) is 4.09. The zero-order valence-corrected chi connectivity index (χ0v) is 13.7. The highest BCUT2D eigenvalue weighted by Gasteiger charge is 2.37. The second-order valence-electron chi connectivity index (χ2n) is 5.89. The third kappa shape index (κ3) is 4.55. The molecule has 21 heavy (non-hydrogen) atoms. The molecule has 118 valence electrons. The van der Waals surface area contributed by atoms with Crippen LogP contribution in [0.25, 0.3) is 0 Å². The van der Waals surface area contributed by atoms with Gasteiger partial charge in [-0.3, -0.25) is 10.1 Å². The Kier molecular flexibility index (Phi) is 6.85. The van der Waals surface area contributed by atoms with E-state index in [1.807, 2.05) is 30.3 Å². The Hall–Kier alpha value is -1.39. The maximum absolute atomic E-state index is 12.3. The van der Waals surface area contributed by atoms with Crippen molar-refractivity contribution in [1.29, 1.82) is 0 Å². The van der Waals surface area contributed by atoms with Crippen molar-refractivity contribution in [3.8, 4) is 0 Å². The molecular weight excluding hydrogens is 262 g/mol. The molecule has 0 aliphatic carbocycles. The van der Waals surface area contributed by atoms with Crippen molar-refractivity contribution < 1.29 is 4.79 Å². The minimum absolute atomic E-state index is 0.306. The molecule has 1 aromatic rings. The van der Waals surface area contributed by atoms with E-state index in [0.29, 0.717) is 12.5 Å². The first-order valence-corrected chi connectivity index (χ1v) is 7.74. The van der Waals surface area contributed by atoms with Gasteiger partial charge in [0.15, 0.2) is 0 Å². The summed E-state index contributed by atoms with van der Waals surface area (Å²) in [4.78, 5) is 14.5. The lowest BCUT2D eigenvalue weighted by Gasteiger charge is -2.34. The zero-order chi connectivity index (χ0) is 15.9. The Morgan fingerprint density at radius 1 is 1.33 bits per heavy atom. The van der Waals surface area contributed by atoms with Gasteiger partial charge in [-0.2, -0.15) is 0 Å². The molecule has 0 radical (unpaired) electrons. The summed E-state index contributed by atoms with van der Waals surface area (Å²) >= 11 is 0. The number of carbonyl (C=O) groups is 1. The lowest BCUT2D eigenvalue weighted by atomic mass is 9.85. The molecule has 1 unspecified atom stereocenters. The van der Waals surface area contributed by atoms with Crippen molar-refractivity contribution in [2.24, 2.45) is 5.73 Å². The van der Waals surface area contributed by atoms with Crippen molar-refractivity contribution in [1.82, 2.24) is 10.2 Å². The Balaban J connectivity index is 3.04. The first kappa shape index (κ1) is 17.7. The summed E-state index contributed by atoms with van der Waals surface area (Å²) in [6, 6.07) is 10.2. The average molecular weight is 291 g/mol. The molecule has 1 atom stereocenters. The minimum atomic E-state index is -0.791. The summed E-state index contributed by atoms with van der Waals surface area (Å²) in [5, 5.41) is 3.39. The molecule has 0 aliphatic heterocycles. The smallest absolute Gasteiger partial charge is 0.242 e. The molecule has 1 amide bonds. The van der Waals surface area contributed by atoms with Crippen LogP contribution in [0.1, 0.15) is 39.2 Å². The van der Waals surface area contributed by atoms with Gasteiger partial charge in [-0.05, 0) is 45.8 Å². The predicted octanol–water partition coefficient (Wildman–Crippen LogP) is 2.10. The highest BCUT2D eigenvalue weighted by molar-refractivity contribution is 5.86. The summed E-state index contributed by atoms with van der Waals surface area (Å²) in [6.45, 7) is 7.96. The van der Waals surface area contributed by atoms with Crippen molar-refractivity contribution in [2.75, 3.05) is 20.1 Å². The van der Waals surface area contributed by atoms with Crippen LogP contribution in [0.4, 0.5) is 0 Å². The first-order chi connectivity index (χ1) is 9.94. The number of amides is 1. The normalized spacial score (nSPS) is 14.4. The Morgan fingerprint density at radius 2 is 1.95 bits per heavy atom. The van der Waals surface area contributed by atoms with Crippen LogP contribution in [0, 0.1) is 0 Å². The third-order valence-electron chi connectivity index (χ3n) is 4.09. The second kappa shape index (κ2) is 8.15. The highest BCUT2D eigenvalue weighted by Crippen LogP contribution is 2.25. The van der Waals surface area contributed by atoms with Gasteiger partial charge in [-0.15, -0.1) is 0 Å². The number of carbonyl (C=O) groups excluding carboxylic acids is 1. The van der Waals surface area contributed by atoms with Crippen LogP contribution in [-0.4, -0.2) is 37.0 Å². The molecular formula is C17H29N3O. The van der Waals surface area contributed by atoms with E-state index in [9.17, 15) is 4.79 Å². The fourth-order valence-electron chi connectivity index (χ4n) is 2.35. The van der Waals surface area contributed by atoms with E-state index in [4.69, 9.17) is 5.73 Å². The number of primary amides is 1. The molecule has 4 nitrogen and oxygen atoms in total. The van der Waals surface area contributed by atoms with E-state index < -0.39 is 5.54 Å². The Morgan fingerprint density at radius 3 is 2.43 bits per heavy atom. The summed E-state index contributed by atoms with van der Waals surface area (Å²) in [5.41, 5.74) is 5.94. The number of nitrogens with one attached hydrogen (secondary N) is 1. The minimum Gasteiger partial charge on any atom is -0.368 e. The van der Waals surface area contributed by atoms with E-state index >= 15 is 0 Å². The first-order valence-electron chi connectivity index (χ1n) is 7.74. The standard InChI is InChI=1S/C17H29N3O/c1-5-12-19-17(16(18)21,11-13-20(4)14(2)3)15-9-7-6-8-10-15/h6-10,14,19H,5,11-13H2,1-4H3,(H2,18,21). The monoisotopic (exact) mass is 291 g/mol. The fraction of sp³-hybridized carbons (Fsp3) is 0.588. The molecule has 0 fully saturated rings. The van der Waals surface area contributed by atoms with Gasteiger partial charge >= 0.3 is 0 Å². The molecule has 0 heterocycles. The molecule has 4 heteroatoms. The molecule has 3 N–H and O–H groups in total. The number of benzene rings is 1. The molecule has 0 saturated carbocycles. The molecule has 0 saturated heterocycles. The van der Waals surface area contributed by atoms with Gasteiger partial charge in [0.25, 0.3) is 0 Å². The van der Waals surface area contributed by atoms with E-state index in [1.54, 1.807) is 0 Å². The van der Waals surface area contributed by atoms with E-state index in [0.717, 1.165) is 25.1 Å². The highest BCUT2D eigenvalue weighted by atomic mass is 16.1. The molecule has 0 aromatic heterocycles. The van der Waals surface area contributed by atoms with Crippen molar-refractivity contribution in [3.05, 3.63) is 35.9 Å². The fourth-order valence-corrected chi connectivity index (χ4v) is 2.35. The maximum atomic E-state index is 12.3. The Bertz CT molecular complexity index is 433. The van der Waals surface area contributed by atoms with Crippen molar-refractivity contribution in [2.45, 2.75) is 45.2 Å². The van der Waals surface area contributed by atoms with Gasteiger partial charge in [0.2, 0.25) is 5.91 Å². The van der Waals surface area contributed by atoms with E-state index in [1.165, 1.54) is 0 Å². The van der Waals surface area contributed by atoms with E-state index in [-0.39, 0.29) is 5.91 Å². The summed E-state index contributed by atoms with van der Waals surface area (Å²) in [7, 11) is 2.07. The van der Waals surface area contributed by atoms with Crippen LogP contribution < -0.4 is 11.1 Å². The van der Waals surface area contributed by atoms with Crippen LogP contribution in [0.2, 0.25) is 0 Å². The number of hydrogen-bond acceptors (Lipinski definition) is 3. The quantitative estimate of drug-likeness (QED) is 0.732. The van der Waals surface area contributed by atoms with Crippen LogP contribution in [-0.2, 0) is 10.3 Å². The van der Waals surface area contributed by atoms with Gasteiger partial charge < -0.3 is 10.6 Å². The topological polar surface area (TPSA) is 58.4 Å². The molecule has 0 aliphatic rings. The number of nitrogens with two attached hydrogens (primary N) is 1. The van der Waals surface area contributed by atoms with Gasteiger partial charge in [-0.1, -0.05) is 37.3 Å². The lowest BCUT2D eigenvalue weighted by molar-refractivity contribution is -0.125. The predicted molar refractivity (Wildman–Crippen MR) is 88.0 cm³/mol. The van der Waals surface area contributed by atoms with Crippen LogP contribution >= 0.6 is 0 Å². The number of nitrogens with zero attached hydrogens (tertiary/aromatic N) is 1. The molecule has 0 bridgehead atoms. The molecule has 1 aromatic carbocycles. The van der Waals surface area contributed by atoms with Crippen LogP contribution in [0.15, 0.2) is 30.3 Å².